The summed E-state index contributed by atoms with van der Waals surface area (Å²) in [5.74, 6) is -2.75. The highest BCUT2D eigenvalue weighted by Crippen LogP contribution is 2.29. The fraction of sp³-hybridized carbons (Fsp3) is 0.500. The number of imidazole rings is 1. The van der Waals surface area contributed by atoms with Crippen LogP contribution in [0, 0.1) is 11.3 Å². The van der Waals surface area contributed by atoms with Crippen LogP contribution in [-0.4, -0.2) is 62.6 Å². The molecule has 1 aromatic carbocycles. The van der Waals surface area contributed by atoms with Gasteiger partial charge in [0.2, 0.25) is 5.91 Å². The Kier molecular flexibility index (Phi) is 7.29. The average Bonchev–Trinajstić information content (AvgIpc) is 3.30. The van der Waals surface area contributed by atoms with Gasteiger partial charge in [0.25, 0.3) is 17.9 Å². The summed E-state index contributed by atoms with van der Waals surface area (Å²) in [7, 11) is 0. The Bertz CT molecular complexity index is 1500. The predicted octanol–water partition coefficient (Wildman–Crippen LogP) is 3.36. The number of carbonyl (C=O) groups excluding carboxylic acids is 1. The van der Waals surface area contributed by atoms with Gasteiger partial charge in [0, 0.05) is 37.6 Å². The number of hydrogen-bond acceptors (Lipinski definition) is 6. The van der Waals surface area contributed by atoms with Gasteiger partial charge in [-0.15, -0.1) is 0 Å². The molecule has 3 aromatic rings. The molecule has 3 heterocycles. The minimum Gasteiger partial charge on any atom is -0.486 e. The van der Waals surface area contributed by atoms with Gasteiger partial charge >= 0.3 is 0 Å². The van der Waals surface area contributed by atoms with Gasteiger partial charge in [-0.1, -0.05) is 0 Å². The first-order valence-corrected chi connectivity index (χ1v) is 12.7. The predicted molar refractivity (Wildman–Crippen MR) is 131 cm³/mol. The average molecular weight is 547 g/mol. The molecule has 206 valence electrons. The summed E-state index contributed by atoms with van der Waals surface area (Å²) < 4.78 is 58.5. The van der Waals surface area contributed by atoms with Crippen molar-refractivity contribution in [2.75, 3.05) is 19.7 Å². The van der Waals surface area contributed by atoms with Crippen LogP contribution in [0.5, 0.6) is 5.75 Å². The number of benzene rings is 1. The Labute approximate surface area is 220 Å². The van der Waals surface area contributed by atoms with E-state index < -0.39 is 37.7 Å². The minimum atomic E-state index is -2.79. The molecule has 0 bridgehead atoms. The molecule has 0 spiro atoms. The van der Waals surface area contributed by atoms with Crippen LogP contribution >= 0.6 is 0 Å². The van der Waals surface area contributed by atoms with Gasteiger partial charge < -0.3 is 14.6 Å². The summed E-state index contributed by atoms with van der Waals surface area (Å²) in [6.07, 6.45) is -0.434. The molecule has 1 saturated heterocycles. The number of nitrogens with one attached hydrogen (secondary N) is 1. The lowest BCUT2D eigenvalue weighted by Gasteiger charge is -2.31. The number of ether oxygens (including phenoxy) is 1. The second kappa shape index (κ2) is 10.7. The zero-order chi connectivity index (χ0) is 27.7. The molecule has 1 aliphatic carbocycles. The summed E-state index contributed by atoms with van der Waals surface area (Å²) in [6, 6.07) is 4.81. The molecule has 1 N–H and O–H groups in total. The highest BCUT2D eigenvalue weighted by molar-refractivity contribution is 5.79. The van der Waals surface area contributed by atoms with E-state index in [0.29, 0.717) is 41.0 Å². The SMILES string of the molecule is N#Cc1cc2nc(Cc3nn(CC(=O)N4CCC(F)(F)CC4)c(=O)c4c3CCCC4)[nH]c2cc1OCC(F)F. The molecule has 9 nitrogen and oxygen atoms in total. The number of alkyl halides is 4. The molecule has 0 radical (unpaired) electrons. The van der Waals surface area contributed by atoms with Gasteiger partial charge in [-0.25, -0.2) is 27.2 Å². The van der Waals surface area contributed by atoms with Crippen LogP contribution in [0.1, 0.15) is 53.9 Å². The van der Waals surface area contributed by atoms with Crippen molar-refractivity contribution in [3.8, 4) is 11.8 Å². The zero-order valence-corrected chi connectivity index (χ0v) is 21.0. The van der Waals surface area contributed by atoms with E-state index in [1.165, 1.54) is 17.0 Å². The van der Waals surface area contributed by atoms with Crippen molar-refractivity contribution in [2.45, 2.75) is 63.8 Å². The third kappa shape index (κ3) is 5.74. The molecule has 1 aliphatic heterocycles. The van der Waals surface area contributed by atoms with E-state index >= 15 is 0 Å². The molecule has 2 aliphatic rings. The van der Waals surface area contributed by atoms with E-state index in [-0.39, 0.29) is 42.9 Å². The van der Waals surface area contributed by atoms with E-state index in [2.05, 4.69) is 15.1 Å². The smallest absolute Gasteiger partial charge is 0.272 e. The number of halogens is 4. The second-order valence-electron chi connectivity index (χ2n) is 9.85. The lowest BCUT2D eigenvalue weighted by molar-refractivity contribution is -0.138. The fourth-order valence-electron chi connectivity index (χ4n) is 5.12. The molecule has 0 unspecified atom stereocenters. The van der Waals surface area contributed by atoms with Gasteiger partial charge in [-0.3, -0.25) is 9.59 Å². The van der Waals surface area contributed by atoms with Gasteiger partial charge in [0.05, 0.1) is 28.7 Å². The summed E-state index contributed by atoms with van der Waals surface area (Å²) >= 11 is 0. The van der Waals surface area contributed by atoms with E-state index in [4.69, 9.17) is 4.74 Å². The van der Waals surface area contributed by atoms with E-state index in [0.717, 1.165) is 23.1 Å². The number of piperidine rings is 1. The van der Waals surface area contributed by atoms with Crippen LogP contribution in [0.25, 0.3) is 11.0 Å². The first-order chi connectivity index (χ1) is 18.6. The Morgan fingerprint density at radius 3 is 2.59 bits per heavy atom. The molecule has 1 amide bonds. The fourth-order valence-corrected chi connectivity index (χ4v) is 5.12. The van der Waals surface area contributed by atoms with Gasteiger partial charge in [0.15, 0.2) is 0 Å². The number of likely N-dealkylation sites (tertiary alicyclic amines) is 1. The number of nitrogens with zero attached hydrogens (tertiary/aromatic N) is 5. The highest BCUT2D eigenvalue weighted by atomic mass is 19.3. The van der Waals surface area contributed by atoms with Crippen molar-refractivity contribution in [1.29, 1.82) is 5.26 Å². The Balaban J connectivity index is 1.43. The number of H-pyrrole nitrogens is 1. The second-order valence-corrected chi connectivity index (χ2v) is 9.85. The molecule has 13 heteroatoms. The van der Waals surface area contributed by atoms with Crippen LogP contribution in [0.4, 0.5) is 17.6 Å². The monoisotopic (exact) mass is 546 g/mol. The summed E-state index contributed by atoms with van der Waals surface area (Å²) in [6.45, 7) is -1.35. The van der Waals surface area contributed by atoms with Crippen LogP contribution in [-0.2, 0) is 30.6 Å². The molecule has 0 atom stereocenters. The van der Waals surface area contributed by atoms with Gasteiger partial charge in [-0.05, 0) is 37.3 Å². The van der Waals surface area contributed by atoms with Gasteiger partial charge in [-0.2, -0.15) is 10.4 Å². The number of amides is 1. The van der Waals surface area contributed by atoms with Crippen molar-refractivity contribution in [3.05, 3.63) is 50.7 Å². The summed E-state index contributed by atoms with van der Waals surface area (Å²) in [5.41, 5.74) is 2.60. The van der Waals surface area contributed by atoms with Crippen LogP contribution < -0.4 is 10.3 Å². The number of aromatic nitrogens is 4. The van der Waals surface area contributed by atoms with Crippen molar-refractivity contribution in [2.24, 2.45) is 0 Å². The topological polar surface area (TPSA) is 117 Å². The van der Waals surface area contributed by atoms with Crippen molar-refractivity contribution in [3.63, 3.8) is 0 Å². The summed E-state index contributed by atoms with van der Waals surface area (Å²) in [4.78, 5) is 35.0. The third-order valence-corrected chi connectivity index (χ3v) is 7.14. The summed E-state index contributed by atoms with van der Waals surface area (Å²) in [5, 5.41) is 13.9. The van der Waals surface area contributed by atoms with Crippen molar-refractivity contribution >= 4 is 16.9 Å². The Morgan fingerprint density at radius 1 is 1.18 bits per heavy atom. The van der Waals surface area contributed by atoms with Gasteiger partial charge in [0.1, 0.15) is 30.8 Å². The Morgan fingerprint density at radius 2 is 1.90 bits per heavy atom. The zero-order valence-electron chi connectivity index (χ0n) is 21.0. The number of hydrogen-bond donors (Lipinski definition) is 1. The molecule has 5 rings (SSSR count). The molecule has 1 fully saturated rings. The molecule has 0 saturated carbocycles. The maximum Gasteiger partial charge on any atom is 0.272 e. The molecular formula is C26H26F4N6O3. The Hall–Kier alpha value is -3.95. The largest absolute Gasteiger partial charge is 0.486 e. The van der Waals surface area contributed by atoms with Crippen molar-refractivity contribution in [1.82, 2.24) is 24.6 Å². The van der Waals surface area contributed by atoms with Crippen molar-refractivity contribution < 1.29 is 27.1 Å². The van der Waals surface area contributed by atoms with E-state index in [9.17, 15) is 32.4 Å². The van der Waals surface area contributed by atoms with E-state index in [1.807, 2.05) is 6.07 Å². The maximum atomic E-state index is 13.5. The lowest BCUT2D eigenvalue weighted by Crippen LogP contribution is -2.45. The normalized spacial score (nSPS) is 16.8. The molecule has 39 heavy (non-hydrogen) atoms. The standard InChI is InChI=1S/C26H26F4N6O3/c27-22(28)14-39-21-10-20-19(9-15(21)12-31)32-23(33-20)11-18-16-3-1-2-4-17(16)25(38)36(34-18)13-24(37)35-7-5-26(29,30)6-8-35/h9-10,22H,1-8,11,13-14H2,(H,32,33). The number of rotatable bonds is 7. The minimum absolute atomic E-state index is 0.0125. The first kappa shape index (κ1) is 26.6. The third-order valence-electron chi connectivity index (χ3n) is 7.14. The maximum absolute atomic E-state index is 13.5. The highest BCUT2D eigenvalue weighted by Gasteiger charge is 2.35. The number of carbonyl (C=O) groups is 1. The molecule has 2 aromatic heterocycles. The number of fused-ring (bicyclic) bond motifs is 2. The first-order valence-electron chi connectivity index (χ1n) is 12.7. The van der Waals surface area contributed by atoms with Crippen LogP contribution in [0.3, 0.4) is 0 Å². The van der Waals surface area contributed by atoms with E-state index in [1.54, 1.807) is 0 Å². The number of aromatic amines is 1. The number of nitriles is 1. The van der Waals surface area contributed by atoms with Crippen LogP contribution in [0.15, 0.2) is 16.9 Å². The quantitative estimate of drug-likeness (QED) is 0.455. The van der Waals surface area contributed by atoms with Crippen LogP contribution in [0.2, 0.25) is 0 Å². The lowest BCUT2D eigenvalue weighted by atomic mass is 9.91. The molecular weight excluding hydrogens is 520 g/mol.